The summed E-state index contributed by atoms with van der Waals surface area (Å²) in [7, 11) is -4.09. The Morgan fingerprint density at radius 1 is 0.919 bits per heavy atom. The molecule has 0 aliphatic rings. The number of carboxylic acids is 1. The van der Waals surface area contributed by atoms with Crippen LogP contribution in [0, 0.1) is 13.8 Å². The van der Waals surface area contributed by atoms with Crippen molar-refractivity contribution in [3.05, 3.63) is 114 Å². The van der Waals surface area contributed by atoms with Gasteiger partial charge in [0, 0.05) is 24.6 Å². The van der Waals surface area contributed by atoms with E-state index in [1.807, 2.05) is 49.0 Å². The minimum atomic E-state index is -4.09. The Balaban J connectivity index is 1.67. The largest absolute Gasteiger partial charge is 0.478 e. The summed E-state index contributed by atoms with van der Waals surface area (Å²) in [6, 6.07) is 21.8. The summed E-state index contributed by atoms with van der Waals surface area (Å²) >= 11 is 0. The van der Waals surface area contributed by atoms with Crippen molar-refractivity contribution in [2.75, 3.05) is 10.8 Å². The minimum Gasteiger partial charge on any atom is -0.478 e. The third-order valence-corrected chi connectivity index (χ3v) is 7.76. The highest BCUT2D eigenvalue weighted by molar-refractivity contribution is 7.92. The van der Waals surface area contributed by atoms with E-state index in [2.05, 4.69) is 5.32 Å². The molecule has 0 bridgehead atoms. The Hall–Kier alpha value is -4.37. The zero-order valence-electron chi connectivity index (χ0n) is 20.5. The highest BCUT2D eigenvalue weighted by Gasteiger charge is 2.29. The third-order valence-electron chi connectivity index (χ3n) is 5.99. The highest BCUT2D eigenvalue weighted by atomic mass is 32.2. The number of rotatable bonds is 9. The van der Waals surface area contributed by atoms with Crippen LogP contribution in [0.1, 0.15) is 27.0 Å². The number of carbonyl (C=O) groups excluding carboxylic acids is 1. The van der Waals surface area contributed by atoms with E-state index in [1.54, 1.807) is 36.4 Å². The fourth-order valence-electron chi connectivity index (χ4n) is 4.00. The second kappa shape index (κ2) is 10.7. The summed E-state index contributed by atoms with van der Waals surface area (Å²) in [5, 5.41) is 11.9. The Morgan fingerprint density at radius 2 is 1.59 bits per heavy atom. The van der Waals surface area contributed by atoms with Gasteiger partial charge in [-0.05, 0) is 73.5 Å². The van der Waals surface area contributed by atoms with Crippen LogP contribution in [0.5, 0.6) is 0 Å². The molecule has 37 heavy (non-hydrogen) atoms. The van der Waals surface area contributed by atoms with Crippen LogP contribution < -0.4 is 9.62 Å². The zero-order valence-corrected chi connectivity index (χ0v) is 21.3. The predicted octanol–water partition coefficient (Wildman–Crippen LogP) is 4.30. The molecular weight excluding hydrogens is 490 g/mol. The van der Waals surface area contributed by atoms with Crippen LogP contribution in [0.3, 0.4) is 0 Å². The van der Waals surface area contributed by atoms with Gasteiger partial charge in [0.15, 0.2) is 0 Å². The van der Waals surface area contributed by atoms with E-state index in [4.69, 9.17) is 0 Å². The first-order chi connectivity index (χ1) is 17.7. The molecule has 0 saturated carbocycles. The average molecular weight is 518 g/mol. The van der Waals surface area contributed by atoms with Gasteiger partial charge < -0.3 is 15.0 Å². The lowest BCUT2D eigenvalue weighted by molar-refractivity contribution is -0.119. The molecular formula is C28H27N3O5S. The van der Waals surface area contributed by atoms with Crippen LogP contribution in [-0.2, 0) is 21.4 Å². The minimum absolute atomic E-state index is 0.0563. The standard InChI is InChI=1S/C28H27N3O5S/c1-20-11-13-24(14-12-20)37(35,36)31(26-10-6-9-25(21(26)2)30-15-3-4-16-30)19-27(32)29-18-22-7-5-8-23(17-22)28(33)34/h3-17H,18-19H2,1-2H3,(H,29,32)(H,33,34). The molecule has 4 aromatic rings. The molecule has 0 radical (unpaired) electrons. The fourth-order valence-corrected chi connectivity index (χ4v) is 5.47. The number of sulfonamides is 1. The van der Waals surface area contributed by atoms with Crippen molar-refractivity contribution in [1.82, 2.24) is 9.88 Å². The summed E-state index contributed by atoms with van der Waals surface area (Å²) in [5.41, 5.74) is 3.47. The lowest BCUT2D eigenvalue weighted by Gasteiger charge is -2.27. The number of nitrogens with zero attached hydrogens (tertiary/aromatic N) is 2. The Bertz CT molecular complexity index is 1530. The lowest BCUT2D eigenvalue weighted by Crippen LogP contribution is -2.41. The van der Waals surface area contributed by atoms with E-state index in [1.165, 1.54) is 24.3 Å². The van der Waals surface area contributed by atoms with E-state index in [0.29, 0.717) is 16.8 Å². The molecule has 0 spiro atoms. The smallest absolute Gasteiger partial charge is 0.335 e. The quantitative estimate of drug-likeness (QED) is 0.344. The van der Waals surface area contributed by atoms with Crippen molar-refractivity contribution in [2.24, 2.45) is 0 Å². The molecule has 190 valence electrons. The van der Waals surface area contributed by atoms with E-state index in [0.717, 1.165) is 15.6 Å². The van der Waals surface area contributed by atoms with Gasteiger partial charge in [-0.1, -0.05) is 35.9 Å². The van der Waals surface area contributed by atoms with Gasteiger partial charge in [-0.3, -0.25) is 9.10 Å². The molecule has 1 aromatic heterocycles. The van der Waals surface area contributed by atoms with Crippen molar-refractivity contribution in [1.29, 1.82) is 0 Å². The molecule has 0 unspecified atom stereocenters. The molecule has 1 heterocycles. The fraction of sp³-hybridized carbons (Fsp3) is 0.143. The number of nitrogens with one attached hydrogen (secondary N) is 1. The van der Waals surface area contributed by atoms with Crippen molar-refractivity contribution in [2.45, 2.75) is 25.3 Å². The average Bonchev–Trinajstić information content (AvgIpc) is 3.41. The molecule has 0 saturated heterocycles. The van der Waals surface area contributed by atoms with Gasteiger partial charge in [-0.25, -0.2) is 13.2 Å². The maximum Gasteiger partial charge on any atom is 0.335 e. The third kappa shape index (κ3) is 5.73. The normalized spacial score (nSPS) is 11.2. The first kappa shape index (κ1) is 25.7. The number of carbonyl (C=O) groups is 2. The number of benzene rings is 3. The lowest BCUT2D eigenvalue weighted by atomic mass is 10.1. The van der Waals surface area contributed by atoms with Crippen molar-refractivity contribution < 1.29 is 23.1 Å². The van der Waals surface area contributed by atoms with E-state index in [9.17, 15) is 23.1 Å². The molecule has 2 N–H and O–H groups in total. The predicted molar refractivity (Wildman–Crippen MR) is 141 cm³/mol. The van der Waals surface area contributed by atoms with Crippen LogP contribution in [0.25, 0.3) is 5.69 Å². The van der Waals surface area contributed by atoms with Gasteiger partial charge in [-0.2, -0.15) is 0 Å². The number of aryl methyl sites for hydroxylation is 1. The monoisotopic (exact) mass is 517 g/mol. The van der Waals surface area contributed by atoms with Crippen molar-refractivity contribution in [3.63, 3.8) is 0 Å². The highest BCUT2D eigenvalue weighted by Crippen LogP contribution is 2.30. The van der Waals surface area contributed by atoms with E-state index in [-0.39, 0.29) is 17.0 Å². The Kier molecular flexibility index (Phi) is 7.45. The number of anilines is 1. The number of hydrogen-bond donors (Lipinski definition) is 2. The maximum atomic E-state index is 13.8. The molecule has 0 fully saturated rings. The molecule has 0 aliphatic heterocycles. The SMILES string of the molecule is Cc1ccc(S(=O)(=O)N(CC(=O)NCc2cccc(C(=O)O)c2)c2cccc(-n3cccc3)c2C)cc1. The molecule has 1 amide bonds. The number of amides is 1. The van der Waals surface area contributed by atoms with Gasteiger partial charge >= 0.3 is 5.97 Å². The number of carboxylic acid groups (broad SMARTS) is 1. The molecule has 3 aromatic carbocycles. The first-order valence-electron chi connectivity index (χ1n) is 11.6. The Labute approximate surface area is 215 Å². The Morgan fingerprint density at radius 3 is 2.27 bits per heavy atom. The molecule has 0 aliphatic carbocycles. The molecule has 8 nitrogen and oxygen atoms in total. The van der Waals surface area contributed by atoms with Crippen molar-refractivity contribution >= 4 is 27.6 Å². The van der Waals surface area contributed by atoms with Crippen LogP contribution in [-0.4, -0.2) is 36.5 Å². The topological polar surface area (TPSA) is 109 Å². The molecule has 9 heteroatoms. The van der Waals surface area contributed by atoms with Gasteiger partial charge in [0.1, 0.15) is 6.54 Å². The van der Waals surface area contributed by atoms with Gasteiger partial charge in [0.05, 0.1) is 16.1 Å². The van der Waals surface area contributed by atoms with Gasteiger partial charge in [-0.15, -0.1) is 0 Å². The van der Waals surface area contributed by atoms with Gasteiger partial charge in [0.25, 0.3) is 10.0 Å². The number of aromatic nitrogens is 1. The van der Waals surface area contributed by atoms with E-state index < -0.39 is 28.4 Å². The number of hydrogen-bond acceptors (Lipinski definition) is 4. The maximum absolute atomic E-state index is 13.8. The first-order valence-corrected chi connectivity index (χ1v) is 13.0. The van der Waals surface area contributed by atoms with Crippen LogP contribution >= 0.6 is 0 Å². The number of aromatic carboxylic acids is 1. The van der Waals surface area contributed by atoms with E-state index >= 15 is 0 Å². The summed E-state index contributed by atoms with van der Waals surface area (Å²) in [4.78, 5) is 24.4. The van der Waals surface area contributed by atoms with Gasteiger partial charge in [0.2, 0.25) is 5.91 Å². The zero-order chi connectivity index (χ0) is 26.6. The summed E-state index contributed by atoms with van der Waals surface area (Å²) < 4.78 is 30.6. The summed E-state index contributed by atoms with van der Waals surface area (Å²) in [5.74, 6) is -1.59. The second-order valence-electron chi connectivity index (χ2n) is 8.62. The van der Waals surface area contributed by atoms with Crippen molar-refractivity contribution in [3.8, 4) is 5.69 Å². The summed E-state index contributed by atoms with van der Waals surface area (Å²) in [6.07, 6.45) is 3.73. The van der Waals surface area contributed by atoms with Crippen LogP contribution in [0.2, 0.25) is 0 Å². The van der Waals surface area contributed by atoms with Crippen LogP contribution in [0.15, 0.2) is 96.2 Å². The summed E-state index contributed by atoms with van der Waals surface area (Å²) in [6.45, 7) is 3.29. The second-order valence-corrected chi connectivity index (χ2v) is 10.5. The molecule has 0 atom stereocenters. The molecule has 4 rings (SSSR count). The van der Waals surface area contributed by atoms with Crippen LogP contribution in [0.4, 0.5) is 5.69 Å².